The van der Waals surface area contributed by atoms with Crippen LogP contribution in [-0.2, 0) is 0 Å². The number of hydrogen-bond acceptors (Lipinski definition) is 2. The van der Waals surface area contributed by atoms with Crippen LogP contribution in [0.4, 0.5) is 0 Å². The lowest BCUT2D eigenvalue weighted by molar-refractivity contribution is 0.103. The molecule has 0 aliphatic heterocycles. The Morgan fingerprint density at radius 3 is 1.39 bits per heavy atom. The van der Waals surface area contributed by atoms with E-state index in [0.29, 0.717) is 11.1 Å². The van der Waals surface area contributed by atoms with Gasteiger partial charge in [0.2, 0.25) is 0 Å². The molecule has 0 saturated heterocycles. The van der Waals surface area contributed by atoms with E-state index in [1.165, 1.54) is 0 Å². The highest BCUT2D eigenvalue weighted by atomic mass is 79.9. The number of benzene rings is 3. The van der Waals surface area contributed by atoms with E-state index in [1.807, 2.05) is 48.5 Å². The van der Waals surface area contributed by atoms with Gasteiger partial charge in [0.1, 0.15) is 0 Å². The van der Waals surface area contributed by atoms with Gasteiger partial charge in [0.25, 0.3) is 0 Å². The molecule has 138 valence electrons. The Balaban J connectivity index is 1.69. The lowest BCUT2D eigenvalue weighted by atomic mass is 10.1. The average Bonchev–Trinajstić information content (AvgIpc) is 2.71. The molecule has 3 aromatic rings. The van der Waals surface area contributed by atoms with Crippen LogP contribution in [0.5, 0.6) is 0 Å². The van der Waals surface area contributed by atoms with Crippen LogP contribution in [0.2, 0.25) is 0 Å². The second kappa shape index (κ2) is 9.58. The third-order valence-corrected chi connectivity index (χ3v) is 5.08. The topological polar surface area (TPSA) is 34.1 Å². The highest BCUT2D eigenvalue weighted by molar-refractivity contribution is 9.10. The molecule has 0 N–H and O–H groups in total. The smallest absolute Gasteiger partial charge is 0.185 e. The molecule has 0 bridgehead atoms. The Morgan fingerprint density at radius 1 is 0.607 bits per heavy atom. The first-order valence-corrected chi connectivity index (χ1v) is 10.2. The Morgan fingerprint density at radius 2 is 1.00 bits per heavy atom. The zero-order chi connectivity index (χ0) is 19.9. The van der Waals surface area contributed by atoms with Crippen LogP contribution in [0, 0.1) is 0 Å². The minimum absolute atomic E-state index is 0.0566. The van der Waals surface area contributed by atoms with Gasteiger partial charge in [-0.3, -0.25) is 9.59 Å². The molecule has 0 atom stereocenters. The maximum Gasteiger partial charge on any atom is 0.185 e. The molecule has 0 aromatic heterocycles. The van der Waals surface area contributed by atoms with Crippen LogP contribution in [0.1, 0.15) is 31.8 Å². The third-order valence-electron chi connectivity index (χ3n) is 4.02. The second-order valence-electron chi connectivity index (χ2n) is 6.08. The summed E-state index contributed by atoms with van der Waals surface area (Å²) in [5.74, 6) is -0.113. The first-order chi connectivity index (χ1) is 13.5. The monoisotopic (exact) mass is 494 g/mol. The predicted octanol–water partition coefficient (Wildman–Crippen LogP) is 7.00. The van der Waals surface area contributed by atoms with E-state index in [4.69, 9.17) is 0 Å². The quantitative estimate of drug-likeness (QED) is 0.272. The molecule has 0 fully saturated rings. The summed E-state index contributed by atoms with van der Waals surface area (Å²) in [4.78, 5) is 24.5. The summed E-state index contributed by atoms with van der Waals surface area (Å²) in [6.45, 7) is 0. The van der Waals surface area contributed by atoms with E-state index in [1.54, 1.807) is 48.6 Å². The van der Waals surface area contributed by atoms with Crippen LogP contribution in [0.15, 0.2) is 93.9 Å². The number of rotatable bonds is 6. The fourth-order valence-electron chi connectivity index (χ4n) is 2.53. The predicted molar refractivity (Wildman–Crippen MR) is 121 cm³/mol. The molecule has 3 aromatic carbocycles. The normalized spacial score (nSPS) is 11.2. The lowest BCUT2D eigenvalue weighted by Crippen LogP contribution is -1.93. The number of halogens is 2. The van der Waals surface area contributed by atoms with Crippen molar-refractivity contribution in [2.45, 2.75) is 0 Å². The van der Waals surface area contributed by atoms with E-state index < -0.39 is 0 Å². The molecular weight excluding hydrogens is 480 g/mol. The third kappa shape index (κ3) is 5.72. The Bertz CT molecular complexity index is 964. The van der Waals surface area contributed by atoms with E-state index in [0.717, 1.165) is 20.1 Å². The van der Waals surface area contributed by atoms with E-state index >= 15 is 0 Å². The first kappa shape index (κ1) is 20.2. The van der Waals surface area contributed by atoms with Crippen molar-refractivity contribution < 1.29 is 9.59 Å². The average molecular weight is 496 g/mol. The summed E-state index contributed by atoms with van der Waals surface area (Å²) in [5.41, 5.74) is 3.05. The van der Waals surface area contributed by atoms with Gasteiger partial charge in [0, 0.05) is 20.1 Å². The summed E-state index contributed by atoms with van der Waals surface area (Å²) in [6.07, 6.45) is 6.66. The highest BCUT2D eigenvalue weighted by Crippen LogP contribution is 2.14. The van der Waals surface area contributed by atoms with Gasteiger partial charge in [0.15, 0.2) is 11.6 Å². The van der Waals surface area contributed by atoms with Crippen molar-refractivity contribution in [1.29, 1.82) is 0 Å². The molecule has 28 heavy (non-hydrogen) atoms. The number of ketones is 2. The van der Waals surface area contributed by atoms with Crippen molar-refractivity contribution in [3.8, 4) is 0 Å². The summed E-state index contributed by atoms with van der Waals surface area (Å²) >= 11 is 6.72. The molecule has 4 heteroatoms. The lowest BCUT2D eigenvalue weighted by Gasteiger charge is -1.99. The van der Waals surface area contributed by atoms with Gasteiger partial charge in [-0.2, -0.15) is 0 Å². The van der Waals surface area contributed by atoms with Gasteiger partial charge in [-0.1, -0.05) is 62.2 Å². The summed E-state index contributed by atoms with van der Waals surface area (Å²) in [6, 6.07) is 22.1. The number of allylic oxidation sites excluding steroid dienone is 2. The zero-order valence-corrected chi connectivity index (χ0v) is 18.0. The fraction of sp³-hybridized carbons (Fsp3) is 0. The van der Waals surface area contributed by atoms with Crippen LogP contribution < -0.4 is 0 Å². The van der Waals surface area contributed by atoms with Crippen molar-refractivity contribution in [3.05, 3.63) is 116 Å². The summed E-state index contributed by atoms with van der Waals surface area (Å²) in [7, 11) is 0. The van der Waals surface area contributed by atoms with Gasteiger partial charge in [-0.15, -0.1) is 0 Å². The Kier molecular flexibility index (Phi) is 6.90. The number of carbonyl (C=O) groups excluding carboxylic acids is 2. The van der Waals surface area contributed by atoms with Gasteiger partial charge >= 0.3 is 0 Å². The standard InChI is InChI=1S/C24H16Br2O2/c25-21-10-6-19(7-11-21)23(27)14-4-17-2-1-3-18(16-17)5-15-24(28)20-8-12-22(26)13-9-20/h1-16H/b14-4+,15-5+. The molecule has 3 rings (SSSR count). The summed E-state index contributed by atoms with van der Waals surface area (Å²) < 4.78 is 1.87. The molecule has 0 aliphatic carbocycles. The molecule has 0 amide bonds. The molecular formula is C24H16Br2O2. The molecule has 0 radical (unpaired) electrons. The molecule has 0 saturated carbocycles. The molecule has 0 spiro atoms. The maximum absolute atomic E-state index is 12.2. The Hall–Kier alpha value is -2.56. The molecule has 0 aliphatic rings. The zero-order valence-electron chi connectivity index (χ0n) is 14.8. The minimum Gasteiger partial charge on any atom is -0.289 e. The van der Waals surface area contributed by atoms with Gasteiger partial charge < -0.3 is 0 Å². The highest BCUT2D eigenvalue weighted by Gasteiger charge is 2.02. The van der Waals surface area contributed by atoms with Crippen LogP contribution in [0.3, 0.4) is 0 Å². The van der Waals surface area contributed by atoms with Crippen molar-refractivity contribution >= 4 is 55.6 Å². The van der Waals surface area contributed by atoms with Gasteiger partial charge in [0.05, 0.1) is 0 Å². The van der Waals surface area contributed by atoms with Gasteiger partial charge in [-0.25, -0.2) is 0 Å². The Labute approximate surface area is 180 Å². The SMILES string of the molecule is O=C(/C=C/c1cccc(/C=C/C(=O)c2ccc(Br)cc2)c1)c1ccc(Br)cc1. The first-order valence-electron chi connectivity index (χ1n) is 8.57. The molecule has 2 nitrogen and oxygen atoms in total. The molecule has 0 heterocycles. The largest absolute Gasteiger partial charge is 0.289 e. The van der Waals surface area contributed by atoms with Crippen molar-refractivity contribution in [2.75, 3.05) is 0 Å². The number of carbonyl (C=O) groups is 2. The molecule has 0 unspecified atom stereocenters. The van der Waals surface area contributed by atoms with Crippen molar-refractivity contribution in [3.63, 3.8) is 0 Å². The van der Waals surface area contributed by atoms with Crippen molar-refractivity contribution in [1.82, 2.24) is 0 Å². The van der Waals surface area contributed by atoms with Crippen LogP contribution >= 0.6 is 31.9 Å². The van der Waals surface area contributed by atoms with E-state index in [9.17, 15) is 9.59 Å². The minimum atomic E-state index is -0.0566. The summed E-state index contributed by atoms with van der Waals surface area (Å²) in [5, 5.41) is 0. The van der Waals surface area contributed by atoms with E-state index in [-0.39, 0.29) is 11.6 Å². The second-order valence-corrected chi connectivity index (χ2v) is 7.91. The van der Waals surface area contributed by atoms with Crippen LogP contribution in [-0.4, -0.2) is 11.6 Å². The number of hydrogen-bond donors (Lipinski definition) is 0. The van der Waals surface area contributed by atoms with Gasteiger partial charge in [-0.05, 0) is 77.9 Å². The maximum atomic E-state index is 12.2. The van der Waals surface area contributed by atoms with E-state index in [2.05, 4.69) is 31.9 Å². The fourth-order valence-corrected chi connectivity index (χ4v) is 3.06. The van der Waals surface area contributed by atoms with Crippen LogP contribution in [0.25, 0.3) is 12.2 Å². The van der Waals surface area contributed by atoms with Crippen molar-refractivity contribution in [2.24, 2.45) is 0 Å².